The van der Waals surface area contributed by atoms with Crippen molar-refractivity contribution < 1.29 is 32.3 Å². The Bertz CT molecular complexity index is 1260. The van der Waals surface area contributed by atoms with Gasteiger partial charge in [-0.3, -0.25) is 9.78 Å². The summed E-state index contributed by atoms with van der Waals surface area (Å²) in [4.78, 5) is 41.7. The van der Waals surface area contributed by atoms with E-state index in [-0.39, 0.29) is 5.91 Å². The van der Waals surface area contributed by atoms with Crippen LogP contribution in [0.3, 0.4) is 0 Å². The highest BCUT2D eigenvalue weighted by Crippen LogP contribution is 2.27. The van der Waals surface area contributed by atoms with E-state index < -0.39 is 18.1 Å². The minimum Gasteiger partial charge on any atom is -0.383 e. The van der Waals surface area contributed by atoms with Crippen LogP contribution in [-0.2, 0) is 20.7 Å². The average molecular weight is 455 g/mol. The van der Waals surface area contributed by atoms with Crippen molar-refractivity contribution in [3.8, 4) is 22.5 Å². The Labute approximate surface area is 185 Å². The molecule has 168 valence electrons. The molecule has 0 fully saturated rings. The third-order valence-corrected chi connectivity index (χ3v) is 4.92. The molecule has 0 atom stereocenters. The van der Waals surface area contributed by atoms with Gasteiger partial charge in [-0.25, -0.2) is 9.59 Å². The first-order valence-corrected chi connectivity index (χ1v) is 9.79. The summed E-state index contributed by atoms with van der Waals surface area (Å²) in [7, 11) is 0. The van der Waals surface area contributed by atoms with Crippen molar-refractivity contribution in [1.29, 1.82) is 0 Å². The smallest absolute Gasteiger partial charge is 0.383 e. The average Bonchev–Trinajstić information content (AvgIpc) is 3.23. The zero-order chi connectivity index (χ0) is 23.6. The minimum atomic E-state index is -5.24. The number of esters is 2. The van der Waals surface area contributed by atoms with E-state index in [0.29, 0.717) is 23.4 Å². The number of aromatic nitrogens is 2. The van der Waals surface area contributed by atoms with E-state index in [0.717, 1.165) is 35.0 Å². The van der Waals surface area contributed by atoms with Gasteiger partial charge in [-0.2, -0.15) is 13.2 Å². The first-order chi connectivity index (χ1) is 15.7. The predicted molar refractivity (Wildman–Crippen MR) is 112 cm³/mol. The first-order valence-electron chi connectivity index (χ1n) is 9.79. The second kappa shape index (κ2) is 8.73. The number of H-pyrrole nitrogens is 1. The summed E-state index contributed by atoms with van der Waals surface area (Å²) < 4.78 is 40.0. The lowest BCUT2D eigenvalue weighted by molar-refractivity contribution is -0.200. The number of nitrogens with zero attached hydrogens (tertiary/aromatic N) is 1. The highest BCUT2D eigenvalue weighted by molar-refractivity contribution is 5.98. The Hall–Kier alpha value is -4.21. The van der Waals surface area contributed by atoms with E-state index in [2.05, 4.69) is 20.0 Å². The lowest BCUT2D eigenvalue weighted by Crippen LogP contribution is -2.31. The lowest BCUT2D eigenvalue weighted by Gasteiger charge is -2.10. The fraction of sp³-hybridized carbons (Fsp3) is 0.130. The van der Waals surface area contributed by atoms with Gasteiger partial charge in [0, 0.05) is 47.8 Å². The van der Waals surface area contributed by atoms with Crippen molar-refractivity contribution in [1.82, 2.24) is 15.3 Å². The van der Waals surface area contributed by atoms with Crippen LogP contribution in [0, 0.1) is 0 Å². The van der Waals surface area contributed by atoms with Gasteiger partial charge in [0.25, 0.3) is 5.91 Å². The molecule has 0 unspecified atom stereocenters. The second-order valence-corrected chi connectivity index (χ2v) is 7.17. The molecule has 0 saturated heterocycles. The van der Waals surface area contributed by atoms with Gasteiger partial charge in [0.2, 0.25) is 0 Å². The number of ether oxygens (including phenoxy) is 1. The van der Waals surface area contributed by atoms with E-state index in [1.54, 1.807) is 36.5 Å². The molecule has 3 aromatic rings. The number of benzene rings is 1. The van der Waals surface area contributed by atoms with Crippen LogP contribution in [0.15, 0.2) is 54.7 Å². The fourth-order valence-corrected chi connectivity index (χ4v) is 3.32. The molecular formula is C23H16F3N3O4. The van der Waals surface area contributed by atoms with Crippen molar-refractivity contribution >= 4 is 23.9 Å². The number of alkyl halides is 3. The van der Waals surface area contributed by atoms with E-state index >= 15 is 0 Å². The van der Waals surface area contributed by atoms with E-state index in [1.165, 1.54) is 6.08 Å². The van der Waals surface area contributed by atoms with Crippen molar-refractivity contribution in [2.45, 2.75) is 12.6 Å². The standard InChI is InChI=1S/C23H16F3N3O4/c24-23(25,26)22(32)33-20(30)6-3-13-1-4-14(5-2-13)18-11-15(7-9-27-18)19-12-16-17(29-19)8-10-28-21(16)31/h1-7,9,11-12,29H,8,10H2,(H,28,31)/b6-3+. The maximum absolute atomic E-state index is 12.1. The quantitative estimate of drug-likeness (QED) is 0.355. The van der Waals surface area contributed by atoms with Gasteiger partial charge in [0.15, 0.2) is 0 Å². The third-order valence-electron chi connectivity index (χ3n) is 4.92. The highest BCUT2D eigenvalue weighted by atomic mass is 19.4. The van der Waals surface area contributed by atoms with Gasteiger partial charge in [-0.15, -0.1) is 0 Å². The molecular weight excluding hydrogens is 439 g/mol. The largest absolute Gasteiger partial charge is 0.491 e. The second-order valence-electron chi connectivity index (χ2n) is 7.17. The Morgan fingerprint density at radius 2 is 1.82 bits per heavy atom. The van der Waals surface area contributed by atoms with Crippen LogP contribution < -0.4 is 5.32 Å². The van der Waals surface area contributed by atoms with Crippen molar-refractivity contribution in [3.05, 3.63) is 71.6 Å². The number of rotatable bonds is 4. The van der Waals surface area contributed by atoms with Crippen molar-refractivity contribution in [3.63, 3.8) is 0 Å². The van der Waals surface area contributed by atoms with Crippen LogP contribution in [0.1, 0.15) is 21.6 Å². The predicted octanol–water partition coefficient (Wildman–Crippen LogP) is 3.67. The summed E-state index contributed by atoms with van der Waals surface area (Å²) >= 11 is 0. The number of fused-ring (bicyclic) bond motifs is 1. The molecule has 2 N–H and O–H groups in total. The van der Waals surface area contributed by atoms with Gasteiger partial charge in [0.1, 0.15) is 0 Å². The molecule has 4 rings (SSSR count). The molecule has 33 heavy (non-hydrogen) atoms. The van der Waals surface area contributed by atoms with Crippen molar-refractivity contribution in [2.24, 2.45) is 0 Å². The molecule has 0 spiro atoms. The maximum Gasteiger partial charge on any atom is 0.491 e. The summed E-state index contributed by atoms with van der Waals surface area (Å²) in [6, 6.07) is 12.2. The minimum absolute atomic E-state index is 0.108. The number of pyridine rings is 1. The van der Waals surface area contributed by atoms with Crippen LogP contribution in [0.2, 0.25) is 0 Å². The van der Waals surface area contributed by atoms with Gasteiger partial charge in [-0.05, 0) is 29.8 Å². The Morgan fingerprint density at radius 1 is 1.06 bits per heavy atom. The van der Waals surface area contributed by atoms with Gasteiger partial charge in [0.05, 0.1) is 11.3 Å². The van der Waals surface area contributed by atoms with Crippen LogP contribution >= 0.6 is 0 Å². The van der Waals surface area contributed by atoms with Gasteiger partial charge >= 0.3 is 18.1 Å². The van der Waals surface area contributed by atoms with Crippen LogP contribution in [0.5, 0.6) is 0 Å². The lowest BCUT2D eigenvalue weighted by atomic mass is 10.0. The van der Waals surface area contributed by atoms with Crippen molar-refractivity contribution in [2.75, 3.05) is 6.54 Å². The zero-order valence-corrected chi connectivity index (χ0v) is 16.9. The molecule has 1 amide bonds. The normalized spacial score (nSPS) is 13.5. The fourth-order valence-electron chi connectivity index (χ4n) is 3.32. The number of nitrogens with one attached hydrogen (secondary N) is 2. The summed E-state index contributed by atoms with van der Waals surface area (Å²) in [6.45, 7) is 0.588. The first kappa shape index (κ1) is 22.0. The summed E-state index contributed by atoms with van der Waals surface area (Å²) in [6.07, 6.45) is -0.898. The summed E-state index contributed by atoms with van der Waals surface area (Å²) in [5, 5.41) is 2.81. The van der Waals surface area contributed by atoms with E-state index in [4.69, 9.17) is 0 Å². The Balaban J connectivity index is 1.48. The topological polar surface area (TPSA) is 101 Å². The molecule has 1 aromatic carbocycles. The molecule has 2 aromatic heterocycles. The summed E-state index contributed by atoms with van der Waals surface area (Å²) in [5.74, 6) is -4.09. The van der Waals surface area contributed by atoms with Crippen LogP contribution in [0.25, 0.3) is 28.6 Å². The number of halogens is 3. The SMILES string of the molecule is O=C(/C=C/c1ccc(-c2cc(-c3cc4c([nH]3)CCNC4=O)ccn2)cc1)OC(=O)C(F)(F)F. The summed E-state index contributed by atoms with van der Waals surface area (Å²) in [5.41, 5.74) is 5.10. The van der Waals surface area contributed by atoms with Gasteiger partial charge < -0.3 is 15.0 Å². The highest BCUT2D eigenvalue weighted by Gasteiger charge is 2.42. The Kier molecular flexibility index (Phi) is 5.82. The number of amides is 1. The molecule has 10 heteroatoms. The molecule has 7 nitrogen and oxygen atoms in total. The number of hydrogen-bond donors (Lipinski definition) is 2. The number of aromatic amines is 1. The van der Waals surface area contributed by atoms with Crippen LogP contribution in [-0.4, -0.2) is 40.5 Å². The molecule has 0 bridgehead atoms. The third kappa shape index (κ3) is 5.00. The van der Waals surface area contributed by atoms with Gasteiger partial charge in [-0.1, -0.05) is 24.3 Å². The zero-order valence-electron chi connectivity index (χ0n) is 16.9. The van der Waals surface area contributed by atoms with E-state index in [1.807, 2.05) is 12.1 Å². The molecule has 1 aliphatic rings. The monoisotopic (exact) mass is 455 g/mol. The molecule has 0 saturated carbocycles. The number of hydrogen-bond acceptors (Lipinski definition) is 5. The molecule has 0 radical (unpaired) electrons. The molecule has 0 aliphatic carbocycles. The maximum atomic E-state index is 12.1. The number of carbonyl (C=O) groups is 3. The molecule has 3 heterocycles. The Morgan fingerprint density at radius 3 is 2.52 bits per heavy atom. The number of carbonyl (C=O) groups excluding carboxylic acids is 3. The van der Waals surface area contributed by atoms with Crippen LogP contribution in [0.4, 0.5) is 13.2 Å². The van der Waals surface area contributed by atoms with E-state index in [9.17, 15) is 27.6 Å². The molecule has 1 aliphatic heterocycles.